The second kappa shape index (κ2) is 15.5. The lowest BCUT2D eigenvalue weighted by Crippen LogP contribution is -2.55. The van der Waals surface area contributed by atoms with Crippen molar-refractivity contribution >= 4 is 17.1 Å². The van der Waals surface area contributed by atoms with E-state index in [9.17, 15) is 0 Å². The topological polar surface area (TPSA) is 3.24 Å². The first kappa shape index (κ1) is 41.4. The molecule has 2 spiro atoms. The van der Waals surface area contributed by atoms with E-state index in [0.717, 1.165) is 52.6 Å². The molecule has 0 aromatic heterocycles. The second-order valence-electron chi connectivity index (χ2n) is 23.4. The van der Waals surface area contributed by atoms with Crippen LogP contribution in [0.4, 0.5) is 17.1 Å². The Morgan fingerprint density at radius 3 is 1.67 bits per heavy atom. The molecule has 0 N–H and O–H groups in total. The van der Waals surface area contributed by atoms with Crippen LogP contribution in [0.5, 0.6) is 0 Å². The van der Waals surface area contributed by atoms with Crippen molar-refractivity contribution in [2.75, 3.05) is 4.90 Å². The lowest BCUT2D eigenvalue weighted by molar-refractivity contribution is -0.0399. The molecule has 8 aromatic carbocycles. The molecule has 70 heavy (non-hydrogen) atoms. The molecule has 5 atom stereocenters. The monoisotopic (exact) mass is 905 g/mol. The highest BCUT2D eigenvalue weighted by molar-refractivity contribution is 5.91. The molecule has 0 saturated heterocycles. The summed E-state index contributed by atoms with van der Waals surface area (Å²) < 4.78 is 0. The van der Waals surface area contributed by atoms with Gasteiger partial charge in [-0.15, -0.1) is 0 Å². The Labute approximate surface area is 415 Å². The molecule has 8 aliphatic rings. The van der Waals surface area contributed by atoms with Crippen LogP contribution in [0.2, 0.25) is 0 Å². The standard InChI is InChI=1S/C69H63N/c1-43-25-26-48-40-53(33-43)68(44(48)2)64-23-8-7-20-61(64)63-22-12-21-59(67(63)68)52-15-10-13-49(39-52)50-14-11-18-58(41-50)70(56-16-4-3-5-17-56)57-30-27-47(28-31-57)51-29-32-62-60-19-6-9-24-65(60)69(66(62)42-51)54-35-45-34-46(37-54)38-55(69)36-45/h3-24,27-32,39,41-46,48,53-55H,25-26,33-38,40H2,1-2H3. The maximum absolute atomic E-state index is 2.63. The summed E-state index contributed by atoms with van der Waals surface area (Å²) in [5, 5.41) is 0. The van der Waals surface area contributed by atoms with Crippen molar-refractivity contribution in [1.82, 2.24) is 0 Å². The second-order valence-corrected chi connectivity index (χ2v) is 23.4. The Balaban J connectivity index is 0.790. The Morgan fingerprint density at radius 2 is 0.900 bits per heavy atom. The summed E-state index contributed by atoms with van der Waals surface area (Å²) in [6.07, 6.45) is 12.5. The highest BCUT2D eigenvalue weighted by atomic mass is 15.1. The van der Waals surface area contributed by atoms with Gasteiger partial charge in [0, 0.05) is 27.9 Å². The summed E-state index contributed by atoms with van der Waals surface area (Å²) in [4.78, 5) is 2.44. The molecular weight excluding hydrogens is 843 g/mol. The number of hydrogen-bond donors (Lipinski definition) is 0. The Bertz CT molecular complexity index is 3330. The van der Waals surface area contributed by atoms with Gasteiger partial charge in [0.2, 0.25) is 0 Å². The van der Waals surface area contributed by atoms with Gasteiger partial charge in [0.15, 0.2) is 0 Å². The summed E-state index contributed by atoms with van der Waals surface area (Å²) in [7, 11) is 0. The fraction of sp³-hybridized carbons (Fsp3) is 0.304. The minimum atomic E-state index is 0.0484. The maximum atomic E-state index is 2.63. The van der Waals surface area contributed by atoms with Crippen molar-refractivity contribution in [1.29, 1.82) is 0 Å². The third-order valence-electron chi connectivity index (χ3n) is 20.2. The number of nitrogens with zero attached hydrogens (tertiary/aromatic N) is 1. The molecule has 0 heterocycles. The molecule has 16 rings (SSSR count). The maximum Gasteiger partial charge on any atom is 0.0467 e. The molecule has 1 nitrogen and oxygen atoms in total. The first-order valence-electron chi connectivity index (χ1n) is 27.1. The predicted octanol–water partition coefficient (Wildman–Crippen LogP) is 18.2. The van der Waals surface area contributed by atoms with Crippen LogP contribution < -0.4 is 4.90 Å². The molecule has 6 fully saturated rings. The summed E-state index contributed by atoms with van der Waals surface area (Å²) in [5.74, 6) is 6.22. The molecule has 6 bridgehead atoms. The van der Waals surface area contributed by atoms with Crippen LogP contribution in [0.3, 0.4) is 0 Å². The van der Waals surface area contributed by atoms with E-state index in [2.05, 4.69) is 207 Å². The van der Waals surface area contributed by atoms with Crippen LogP contribution in [0.15, 0.2) is 188 Å². The van der Waals surface area contributed by atoms with Crippen LogP contribution in [0, 0.1) is 47.3 Å². The number of anilines is 3. The van der Waals surface area contributed by atoms with Gasteiger partial charge in [-0.1, -0.05) is 160 Å². The molecule has 0 aliphatic heterocycles. The number of rotatable bonds is 6. The van der Waals surface area contributed by atoms with Gasteiger partial charge in [0.1, 0.15) is 0 Å². The van der Waals surface area contributed by atoms with Crippen molar-refractivity contribution in [3.63, 3.8) is 0 Å². The summed E-state index contributed by atoms with van der Waals surface area (Å²) in [5.41, 5.74) is 23.9. The van der Waals surface area contributed by atoms with Gasteiger partial charge in [0.05, 0.1) is 0 Å². The van der Waals surface area contributed by atoms with Gasteiger partial charge in [-0.3, -0.25) is 0 Å². The zero-order chi connectivity index (χ0) is 46.3. The van der Waals surface area contributed by atoms with Crippen molar-refractivity contribution in [3.8, 4) is 55.6 Å². The van der Waals surface area contributed by atoms with E-state index in [1.807, 2.05) is 0 Å². The minimum absolute atomic E-state index is 0.0484. The molecule has 8 aliphatic carbocycles. The van der Waals surface area contributed by atoms with Gasteiger partial charge in [0.25, 0.3) is 0 Å². The van der Waals surface area contributed by atoms with Gasteiger partial charge < -0.3 is 4.90 Å². The fourth-order valence-electron chi connectivity index (χ4n) is 17.7. The van der Waals surface area contributed by atoms with Crippen molar-refractivity contribution in [3.05, 3.63) is 210 Å². The number of benzene rings is 8. The van der Waals surface area contributed by atoms with Crippen LogP contribution in [-0.4, -0.2) is 0 Å². The lowest BCUT2D eigenvalue weighted by atomic mass is 9.43. The summed E-state index contributed by atoms with van der Waals surface area (Å²) in [6, 6.07) is 72.8. The largest absolute Gasteiger partial charge is 0.310 e. The molecule has 1 heteroatoms. The highest BCUT2D eigenvalue weighted by Gasteiger charge is 2.62. The summed E-state index contributed by atoms with van der Waals surface area (Å²) in [6.45, 7) is 5.13. The van der Waals surface area contributed by atoms with Crippen LogP contribution in [0.25, 0.3) is 55.6 Å². The van der Waals surface area contributed by atoms with Gasteiger partial charge in [-0.05, 0) is 225 Å². The van der Waals surface area contributed by atoms with E-state index in [0.29, 0.717) is 11.8 Å². The average Bonchev–Trinajstić information content (AvgIpc) is 3.91. The first-order chi connectivity index (χ1) is 34.5. The molecular formula is C69H63N. The van der Waals surface area contributed by atoms with Gasteiger partial charge in [-0.25, -0.2) is 0 Å². The third-order valence-corrected chi connectivity index (χ3v) is 20.2. The zero-order valence-corrected chi connectivity index (χ0v) is 40.8. The van der Waals surface area contributed by atoms with Gasteiger partial charge >= 0.3 is 0 Å². The minimum Gasteiger partial charge on any atom is -0.310 e. The molecule has 0 amide bonds. The van der Waals surface area contributed by atoms with E-state index < -0.39 is 0 Å². The van der Waals surface area contributed by atoms with E-state index >= 15 is 0 Å². The number of fused-ring (bicyclic) bond motifs is 11. The fourth-order valence-corrected chi connectivity index (χ4v) is 17.7. The quantitative estimate of drug-likeness (QED) is 0.161. The molecule has 5 unspecified atom stereocenters. The number of para-hydroxylation sites is 1. The lowest BCUT2D eigenvalue weighted by Gasteiger charge is -2.61. The normalized spacial score (nSPS) is 29.2. The predicted molar refractivity (Wildman–Crippen MR) is 291 cm³/mol. The molecule has 344 valence electrons. The average molecular weight is 906 g/mol. The number of hydrogen-bond acceptors (Lipinski definition) is 1. The molecule has 0 radical (unpaired) electrons. The van der Waals surface area contributed by atoms with Crippen molar-refractivity contribution < 1.29 is 0 Å². The Morgan fingerprint density at radius 1 is 0.357 bits per heavy atom. The van der Waals surface area contributed by atoms with Crippen LogP contribution >= 0.6 is 0 Å². The van der Waals surface area contributed by atoms with Crippen LogP contribution in [-0.2, 0) is 10.8 Å². The van der Waals surface area contributed by atoms with E-state index in [4.69, 9.17) is 0 Å². The smallest absolute Gasteiger partial charge is 0.0467 e. The van der Waals surface area contributed by atoms with E-state index in [1.54, 1.807) is 22.3 Å². The molecule has 6 saturated carbocycles. The van der Waals surface area contributed by atoms with E-state index in [1.165, 1.54) is 113 Å². The zero-order valence-electron chi connectivity index (χ0n) is 40.8. The first-order valence-corrected chi connectivity index (χ1v) is 27.1. The van der Waals surface area contributed by atoms with Crippen molar-refractivity contribution in [2.45, 2.75) is 82.5 Å². The van der Waals surface area contributed by atoms with Gasteiger partial charge in [-0.2, -0.15) is 0 Å². The SMILES string of the molecule is CC1CCC2CC(C1)C1(c3ccccc3-c3cccc(-c4cccc(-c5cccc(N(c6ccccc6)c6ccc(-c7ccc8c(c7)C7(c9ccccc9-8)C8CC9CC(C8)CC7C9)cc6)c5)c4)c31)C2C. The third kappa shape index (κ3) is 5.78. The van der Waals surface area contributed by atoms with E-state index in [-0.39, 0.29) is 10.8 Å². The summed E-state index contributed by atoms with van der Waals surface area (Å²) >= 11 is 0. The van der Waals surface area contributed by atoms with Crippen LogP contribution in [0.1, 0.15) is 93.9 Å². The highest BCUT2D eigenvalue weighted by Crippen LogP contribution is 2.70. The Kier molecular flexibility index (Phi) is 9.17. The van der Waals surface area contributed by atoms with Crippen molar-refractivity contribution in [2.24, 2.45) is 47.3 Å². The Hall–Kier alpha value is -6.44. The molecule has 8 aromatic rings.